The molecule has 4 nitrogen and oxygen atoms in total. The molecule has 0 aliphatic heterocycles. The van der Waals surface area contributed by atoms with E-state index in [1.165, 1.54) is 0 Å². The molecule has 0 unspecified atom stereocenters. The molecule has 0 spiro atoms. The fourth-order valence-electron chi connectivity index (χ4n) is 1.33. The maximum absolute atomic E-state index is 5.06. The van der Waals surface area contributed by atoms with Gasteiger partial charge in [-0.1, -0.05) is 0 Å². The molecule has 2 aromatic heterocycles. The van der Waals surface area contributed by atoms with Crippen molar-refractivity contribution < 1.29 is 4.74 Å². The van der Waals surface area contributed by atoms with Gasteiger partial charge in [0.15, 0.2) is 0 Å². The van der Waals surface area contributed by atoms with E-state index in [9.17, 15) is 0 Å². The number of pyridine rings is 1. The van der Waals surface area contributed by atoms with Gasteiger partial charge in [0, 0.05) is 36.9 Å². The van der Waals surface area contributed by atoms with Crippen molar-refractivity contribution in [3.63, 3.8) is 0 Å². The Balaban J connectivity index is 1.85. The number of ether oxygens (including phenoxy) is 1. The first-order valence-corrected chi connectivity index (χ1v) is 5.84. The lowest BCUT2D eigenvalue weighted by Crippen LogP contribution is -2.12. The molecule has 16 heavy (non-hydrogen) atoms. The third-order valence-electron chi connectivity index (χ3n) is 2.10. The molecule has 0 radical (unpaired) electrons. The number of nitrogens with zero attached hydrogens (tertiary/aromatic N) is 2. The smallest absolute Gasteiger partial charge is 0.213 e. The standard InChI is InChI=1S/C11H13N3OS/c1-15-10-6-9(2-3-13-10)7-12-8-11-14-4-5-16-11/h2-6,12H,7-8H2,1H3. The SMILES string of the molecule is COc1cc(CNCc2nccs2)ccn1. The normalized spacial score (nSPS) is 10.3. The maximum Gasteiger partial charge on any atom is 0.213 e. The molecular weight excluding hydrogens is 222 g/mol. The van der Waals surface area contributed by atoms with Gasteiger partial charge in [-0.3, -0.25) is 0 Å². The Hall–Kier alpha value is -1.46. The molecule has 0 bridgehead atoms. The predicted octanol–water partition coefficient (Wildman–Crippen LogP) is 1.84. The van der Waals surface area contributed by atoms with Gasteiger partial charge in [-0.2, -0.15) is 0 Å². The van der Waals surface area contributed by atoms with Gasteiger partial charge in [0.05, 0.1) is 7.11 Å². The summed E-state index contributed by atoms with van der Waals surface area (Å²) in [6.45, 7) is 1.58. The molecule has 0 saturated heterocycles. The van der Waals surface area contributed by atoms with Gasteiger partial charge in [-0.05, 0) is 11.6 Å². The quantitative estimate of drug-likeness (QED) is 0.859. The van der Waals surface area contributed by atoms with Crippen LogP contribution in [0.5, 0.6) is 5.88 Å². The minimum Gasteiger partial charge on any atom is -0.481 e. The number of thiazole rings is 1. The Bertz CT molecular complexity index is 431. The Morgan fingerprint density at radius 2 is 2.25 bits per heavy atom. The lowest BCUT2D eigenvalue weighted by molar-refractivity contribution is 0.397. The zero-order valence-corrected chi connectivity index (χ0v) is 9.83. The average molecular weight is 235 g/mol. The molecule has 1 N–H and O–H groups in total. The van der Waals surface area contributed by atoms with Crippen molar-refractivity contribution in [2.75, 3.05) is 7.11 Å². The molecule has 2 heterocycles. The van der Waals surface area contributed by atoms with Crippen LogP contribution in [0.2, 0.25) is 0 Å². The van der Waals surface area contributed by atoms with E-state index >= 15 is 0 Å². The van der Waals surface area contributed by atoms with Crippen molar-refractivity contribution in [1.82, 2.24) is 15.3 Å². The Morgan fingerprint density at radius 1 is 1.31 bits per heavy atom. The summed E-state index contributed by atoms with van der Waals surface area (Å²) in [5.74, 6) is 0.647. The van der Waals surface area contributed by atoms with Gasteiger partial charge in [0.2, 0.25) is 5.88 Å². The Morgan fingerprint density at radius 3 is 3.00 bits per heavy atom. The number of hydrogen-bond donors (Lipinski definition) is 1. The largest absolute Gasteiger partial charge is 0.481 e. The van der Waals surface area contributed by atoms with Crippen molar-refractivity contribution in [2.45, 2.75) is 13.1 Å². The fraction of sp³-hybridized carbons (Fsp3) is 0.273. The third kappa shape index (κ3) is 3.01. The van der Waals surface area contributed by atoms with Crippen molar-refractivity contribution >= 4 is 11.3 Å². The topological polar surface area (TPSA) is 47.0 Å². The number of hydrogen-bond acceptors (Lipinski definition) is 5. The first kappa shape index (κ1) is 11.0. The van der Waals surface area contributed by atoms with Crippen LogP contribution in [0, 0.1) is 0 Å². The van der Waals surface area contributed by atoms with E-state index in [0.717, 1.165) is 23.7 Å². The highest BCUT2D eigenvalue weighted by atomic mass is 32.1. The molecule has 0 amide bonds. The van der Waals surface area contributed by atoms with Gasteiger partial charge in [-0.15, -0.1) is 11.3 Å². The Labute approximate surface area is 98.3 Å². The summed E-state index contributed by atoms with van der Waals surface area (Å²) in [6, 6.07) is 3.90. The lowest BCUT2D eigenvalue weighted by atomic mass is 10.2. The van der Waals surface area contributed by atoms with Crippen LogP contribution in [-0.2, 0) is 13.1 Å². The number of rotatable bonds is 5. The van der Waals surface area contributed by atoms with Gasteiger partial charge < -0.3 is 10.1 Å². The summed E-state index contributed by atoms with van der Waals surface area (Å²) in [4.78, 5) is 8.26. The number of nitrogens with one attached hydrogen (secondary N) is 1. The monoisotopic (exact) mass is 235 g/mol. The summed E-state index contributed by atoms with van der Waals surface area (Å²) < 4.78 is 5.06. The third-order valence-corrected chi connectivity index (χ3v) is 2.88. The molecule has 2 rings (SSSR count). The summed E-state index contributed by atoms with van der Waals surface area (Å²) in [6.07, 6.45) is 3.57. The van der Waals surface area contributed by atoms with Crippen molar-refractivity contribution in [3.8, 4) is 5.88 Å². The summed E-state index contributed by atoms with van der Waals surface area (Å²) in [5.41, 5.74) is 1.16. The van der Waals surface area contributed by atoms with E-state index in [2.05, 4.69) is 15.3 Å². The molecule has 2 aromatic rings. The van der Waals surface area contributed by atoms with Crippen LogP contribution >= 0.6 is 11.3 Å². The van der Waals surface area contributed by atoms with Gasteiger partial charge in [0.1, 0.15) is 5.01 Å². The van der Waals surface area contributed by atoms with Crippen LogP contribution in [0.15, 0.2) is 29.9 Å². The van der Waals surface area contributed by atoms with Crippen LogP contribution in [-0.4, -0.2) is 17.1 Å². The van der Waals surface area contributed by atoms with E-state index in [0.29, 0.717) is 5.88 Å². The van der Waals surface area contributed by atoms with Crippen molar-refractivity contribution in [1.29, 1.82) is 0 Å². The predicted molar refractivity (Wildman–Crippen MR) is 63.4 cm³/mol. The van der Waals surface area contributed by atoms with Gasteiger partial charge >= 0.3 is 0 Å². The molecule has 0 saturated carbocycles. The second-order valence-corrected chi connectivity index (χ2v) is 4.21. The van der Waals surface area contributed by atoms with E-state index in [-0.39, 0.29) is 0 Å². The van der Waals surface area contributed by atoms with E-state index in [1.54, 1.807) is 24.6 Å². The molecule has 0 aliphatic carbocycles. The van der Waals surface area contributed by atoms with Crippen molar-refractivity contribution in [2.24, 2.45) is 0 Å². The molecule has 0 fully saturated rings. The number of aromatic nitrogens is 2. The van der Waals surface area contributed by atoms with Crippen LogP contribution in [0.1, 0.15) is 10.6 Å². The van der Waals surface area contributed by atoms with Crippen molar-refractivity contribution in [3.05, 3.63) is 40.5 Å². The van der Waals surface area contributed by atoms with Crippen LogP contribution in [0.25, 0.3) is 0 Å². The van der Waals surface area contributed by atoms with E-state index in [4.69, 9.17) is 4.74 Å². The second-order valence-electron chi connectivity index (χ2n) is 3.24. The fourth-order valence-corrected chi connectivity index (χ4v) is 1.91. The molecule has 0 atom stereocenters. The highest BCUT2D eigenvalue weighted by Crippen LogP contribution is 2.09. The molecule has 0 aromatic carbocycles. The van der Waals surface area contributed by atoms with E-state index < -0.39 is 0 Å². The van der Waals surface area contributed by atoms with Crippen LogP contribution < -0.4 is 10.1 Å². The zero-order valence-electron chi connectivity index (χ0n) is 9.01. The minimum atomic E-state index is 0.647. The second kappa shape index (κ2) is 5.58. The summed E-state index contributed by atoms with van der Waals surface area (Å²) in [7, 11) is 1.62. The minimum absolute atomic E-state index is 0.647. The van der Waals surface area contributed by atoms with Crippen LogP contribution in [0.3, 0.4) is 0 Å². The number of methoxy groups -OCH3 is 1. The highest BCUT2D eigenvalue weighted by molar-refractivity contribution is 7.09. The Kier molecular flexibility index (Phi) is 3.85. The first-order valence-electron chi connectivity index (χ1n) is 4.96. The first-order chi connectivity index (χ1) is 7.88. The summed E-state index contributed by atoms with van der Waals surface area (Å²) >= 11 is 1.66. The maximum atomic E-state index is 5.06. The molecule has 5 heteroatoms. The van der Waals surface area contributed by atoms with E-state index in [1.807, 2.05) is 23.7 Å². The zero-order chi connectivity index (χ0) is 11.2. The summed E-state index contributed by atoms with van der Waals surface area (Å²) in [5, 5.41) is 6.40. The van der Waals surface area contributed by atoms with Gasteiger partial charge in [0.25, 0.3) is 0 Å². The van der Waals surface area contributed by atoms with Crippen LogP contribution in [0.4, 0.5) is 0 Å². The average Bonchev–Trinajstić information content (AvgIpc) is 2.82. The molecule has 84 valence electrons. The molecule has 0 aliphatic rings. The van der Waals surface area contributed by atoms with Gasteiger partial charge in [-0.25, -0.2) is 9.97 Å². The molecular formula is C11H13N3OS. The highest BCUT2D eigenvalue weighted by Gasteiger charge is 1.98. The lowest BCUT2D eigenvalue weighted by Gasteiger charge is -2.04.